The Kier molecular flexibility index (Phi) is 1.97. The van der Waals surface area contributed by atoms with Gasteiger partial charge >= 0.3 is 0 Å². The van der Waals surface area contributed by atoms with Gasteiger partial charge in [0.15, 0.2) is 0 Å². The van der Waals surface area contributed by atoms with Gasteiger partial charge in [-0.15, -0.1) is 0 Å². The number of allylic oxidation sites excluding steroid dienone is 4. The Labute approximate surface area is 65.4 Å². The predicted molar refractivity (Wildman–Crippen MR) is 33.1 cm³/mol. The van der Waals surface area contributed by atoms with Crippen LogP contribution in [0.3, 0.4) is 0 Å². The summed E-state index contributed by atoms with van der Waals surface area (Å²) in [5.41, 5.74) is -3.04. The minimum atomic E-state index is -3.32. The number of hydrogen-bond acceptors (Lipinski definition) is 0. The van der Waals surface area contributed by atoms with Crippen LogP contribution in [0.1, 0.15) is 0 Å². The van der Waals surface area contributed by atoms with Crippen LogP contribution in [0, 0.1) is 0 Å². The Balaban J connectivity index is 2.85. The fourth-order valence-corrected chi connectivity index (χ4v) is 0.734. The molecule has 12 heavy (non-hydrogen) atoms. The number of alkyl halides is 5. The average Bonchev–Trinajstić information content (AvgIpc) is 1.96. The molecule has 0 saturated carbocycles. The van der Waals surface area contributed by atoms with E-state index in [1.54, 1.807) is 0 Å². The second kappa shape index (κ2) is 2.57. The summed E-state index contributed by atoms with van der Waals surface area (Å²) >= 11 is 0. The highest BCUT2D eigenvalue weighted by Gasteiger charge is 2.40. The summed E-state index contributed by atoms with van der Waals surface area (Å²) < 4.78 is 60.9. The van der Waals surface area contributed by atoms with Crippen molar-refractivity contribution in [3.05, 3.63) is 24.3 Å². The van der Waals surface area contributed by atoms with Crippen molar-refractivity contribution in [1.82, 2.24) is 0 Å². The molecule has 0 aromatic rings. The Morgan fingerprint density at radius 1 is 0.833 bits per heavy atom. The molecule has 1 aliphatic carbocycles. The Morgan fingerprint density at radius 3 is 1.58 bits per heavy atom. The summed E-state index contributed by atoms with van der Waals surface area (Å²) in [5.74, 6) is -3.31. The van der Waals surface area contributed by atoms with Gasteiger partial charge in [0, 0.05) is 0 Å². The number of hydrogen-bond donors (Lipinski definition) is 0. The van der Waals surface area contributed by atoms with E-state index in [0.717, 1.165) is 0 Å². The minimum absolute atomic E-state index is 0.124. The van der Waals surface area contributed by atoms with Crippen molar-refractivity contribution < 1.29 is 22.0 Å². The molecule has 0 nitrogen and oxygen atoms in total. The molecular weight excluding hydrogens is 179 g/mol. The zero-order valence-corrected chi connectivity index (χ0v) is 5.78. The van der Waals surface area contributed by atoms with Crippen molar-refractivity contribution in [1.29, 1.82) is 0 Å². The topological polar surface area (TPSA) is 0 Å². The summed E-state index contributed by atoms with van der Waals surface area (Å²) in [5, 5.41) is 0. The third-order valence-electron chi connectivity index (χ3n) is 1.46. The normalized spacial score (nSPS) is 24.8. The van der Waals surface area contributed by atoms with Crippen LogP contribution in [0.5, 0.6) is 0 Å². The van der Waals surface area contributed by atoms with Crippen LogP contribution in [0.2, 0.25) is 0 Å². The zero-order chi connectivity index (χ0) is 9.41. The highest BCUT2D eigenvalue weighted by atomic mass is 19.3. The number of halogens is 5. The molecule has 0 aliphatic heterocycles. The molecule has 1 aliphatic rings. The standard InChI is InChI=1S/C7H5F5/c8-5(9)6(10)1-3-7(11,12)4-2-6/h1-5H. The molecule has 0 heterocycles. The van der Waals surface area contributed by atoms with Gasteiger partial charge in [-0.2, -0.15) is 8.78 Å². The Hall–Kier alpha value is -0.870. The maximum atomic E-state index is 12.8. The Morgan fingerprint density at radius 2 is 1.25 bits per heavy atom. The molecule has 0 radical (unpaired) electrons. The average molecular weight is 184 g/mol. The van der Waals surface area contributed by atoms with Crippen molar-refractivity contribution in [2.75, 3.05) is 0 Å². The Bertz CT molecular complexity index is 212. The van der Waals surface area contributed by atoms with Crippen molar-refractivity contribution in [2.24, 2.45) is 0 Å². The molecule has 68 valence electrons. The van der Waals surface area contributed by atoms with Gasteiger partial charge in [0.05, 0.1) is 0 Å². The molecule has 5 heteroatoms. The fraction of sp³-hybridized carbons (Fsp3) is 0.429. The summed E-state index contributed by atoms with van der Waals surface area (Å²) in [6.07, 6.45) is -2.71. The van der Waals surface area contributed by atoms with Gasteiger partial charge < -0.3 is 0 Å². The second-order valence-electron chi connectivity index (χ2n) is 2.47. The van der Waals surface area contributed by atoms with Crippen molar-refractivity contribution in [2.45, 2.75) is 18.0 Å². The molecule has 0 atom stereocenters. The third-order valence-corrected chi connectivity index (χ3v) is 1.46. The minimum Gasteiger partial charge on any atom is -0.228 e. The van der Waals surface area contributed by atoms with E-state index < -0.39 is 18.0 Å². The van der Waals surface area contributed by atoms with E-state index in [1.807, 2.05) is 0 Å². The first-order valence-corrected chi connectivity index (χ1v) is 3.11. The van der Waals surface area contributed by atoms with Crippen LogP contribution >= 0.6 is 0 Å². The lowest BCUT2D eigenvalue weighted by Crippen LogP contribution is -2.31. The van der Waals surface area contributed by atoms with Crippen molar-refractivity contribution >= 4 is 0 Å². The van der Waals surface area contributed by atoms with Crippen molar-refractivity contribution in [3.8, 4) is 0 Å². The van der Waals surface area contributed by atoms with Crippen molar-refractivity contribution in [3.63, 3.8) is 0 Å². The van der Waals surface area contributed by atoms with Crippen LogP contribution in [0.25, 0.3) is 0 Å². The first-order valence-electron chi connectivity index (χ1n) is 3.11. The lowest BCUT2D eigenvalue weighted by molar-refractivity contribution is 0.0204. The quantitative estimate of drug-likeness (QED) is 0.434. The first-order chi connectivity index (χ1) is 5.36. The van der Waals surface area contributed by atoms with Crippen LogP contribution in [-0.4, -0.2) is 18.0 Å². The number of rotatable bonds is 1. The maximum Gasteiger partial charge on any atom is 0.285 e. The SMILES string of the molecule is FC(F)C1(F)C=CC(F)(F)C=C1. The maximum absolute atomic E-state index is 12.8. The first kappa shape index (κ1) is 9.22. The lowest BCUT2D eigenvalue weighted by atomic mass is 9.99. The molecule has 0 saturated heterocycles. The second-order valence-corrected chi connectivity index (χ2v) is 2.47. The predicted octanol–water partition coefficient (Wildman–Crippen LogP) is 2.72. The summed E-state index contributed by atoms with van der Waals surface area (Å²) in [6, 6.07) is 0. The molecular formula is C7H5F5. The van der Waals surface area contributed by atoms with E-state index >= 15 is 0 Å². The lowest BCUT2D eigenvalue weighted by Gasteiger charge is -2.21. The smallest absolute Gasteiger partial charge is 0.228 e. The van der Waals surface area contributed by atoms with E-state index in [2.05, 4.69) is 0 Å². The van der Waals surface area contributed by atoms with E-state index in [4.69, 9.17) is 0 Å². The van der Waals surface area contributed by atoms with E-state index in [0.29, 0.717) is 0 Å². The van der Waals surface area contributed by atoms with Crippen LogP contribution in [0.15, 0.2) is 24.3 Å². The van der Waals surface area contributed by atoms with Gasteiger partial charge in [-0.3, -0.25) is 0 Å². The van der Waals surface area contributed by atoms with E-state index in [-0.39, 0.29) is 24.3 Å². The van der Waals surface area contributed by atoms with E-state index in [9.17, 15) is 22.0 Å². The molecule has 0 amide bonds. The highest BCUT2D eigenvalue weighted by molar-refractivity contribution is 5.27. The molecule has 1 rings (SSSR count). The van der Waals surface area contributed by atoms with Gasteiger partial charge in [-0.05, 0) is 24.3 Å². The van der Waals surface area contributed by atoms with Gasteiger partial charge in [0.2, 0.25) is 5.67 Å². The summed E-state index contributed by atoms with van der Waals surface area (Å²) in [4.78, 5) is 0. The van der Waals surface area contributed by atoms with E-state index in [1.165, 1.54) is 0 Å². The zero-order valence-electron chi connectivity index (χ0n) is 5.78. The van der Waals surface area contributed by atoms with Gasteiger partial charge in [-0.1, -0.05) is 0 Å². The molecule has 0 aromatic heterocycles. The molecule has 0 bridgehead atoms. The monoisotopic (exact) mass is 184 g/mol. The molecule has 0 fully saturated rings. The van der Waals surface area contributed by atoms with Crippen LogP contribution in [-0.2, 0) is 0 Å². The van der Waals surface area contributed by atoms with Gasteiger partial charge in [0.1, 0.15) is 0 Å². The third kappa shape index (κ3) is 1.65. The summed E-state index contributed by atoms with van der Waals surface area (Å²) in [7, 11) is 0. The molecule has 0 unspecified atom stereocenters. The highest BCUT2D eigenvalue weighted by Crippen LogP contribution is 2.32. The molecule has 0 N–H and O–H groups in total. The fourth-order valence-electron chi connectivity index (χ4n) is 0.734. The largest absolute Gasteiger partial charge is 0.285 e. The van der Waals surface area contributed by atoms with Crippen LogP contribution < -0.4 is 0 Å². The molecule has 0 spiro atoms. The van der Waals surface area contributed by atoms with Crippen LogP contribution in [0.4, 0.5) is 22.0 Å². The molecule has 0 aromatic carbocycles. The van der Waals surface area contributed by atoms with Gasteiger partial charge in [-0.25, -0.2) is 13.2 Å². The summed E-state index contributed by atoms with van der Waals surface area (Å²) in [6.45, 7) is 0. The van der Waals surface area contributed by atoms with Gasteiger partial charge in [0.25, 0.3) is 12.3 Å².